The van der Waals surface area contributed by atoms with E-state index in [1.807, 2.05) is 31.2 Å². The predicted molar refractivity (Wildman–Crippen MR) is 125 cm³/mol. The molecule has 4 aromatic rings. The molecule has 2 aliphatic heterocycles. The van der Waals surface area contributed by atoms with Gasteiger partial charge in [-0.1, -0.05) is 46.7 Å². The molecular weight excluding hydrogens is 456 g/mol. The van der Waals surface area contributed by atoms with Crippen molar-refractivity contribution in [3.8, 4) is 22.9 Å². The number of ether oxygens (including phenoxy) is 3. The van der Waals surface area contributed by atoms with Crippen LogP contribution < -0.4 is 15.0 Å². The highest BCUT2D eigenvalue weighted by molar-refractivity contribution is 7.98. The van der Waals surface area contributed by atoms with Crippen LogP contribution in [0.15, 0.2) is 50.9 Å². The molecule has 1 atom stereocenters. The van der Waals surface area contributed by atoms with Gasteiger partial charge >= 0.3 is 0 Å². The Labute approximate surface area is 199 Å². The predicted octanol–water partition coefficient (Wildman–Crippen LogP) is 3.95. The van der Waals surface area contributed by atoms with Gasteiger partial charge in [0.05, 0.1) is 29.3 Å². The lowest BCUT2D eigenvalue weighted by atomic mass is 10.1. The molecule has 2 aromatic carbocycles. The molecule has 0 N–H and O–H groups in total. The largest absolute Gasteiger partial charge is 0.454 e. The smallest absolute Gasteiger partial charge is 0.262 e. The fourth-order valence-electron chi connectivity index (χ4n) is 4.11. The molecule has 10 heteroatoms. The van der Waals surface area contributed by atoms with E-state index in [0.717, 1.165) is 24.0 Å². The van der Waals surface area contributed by atoms with E-state index in [-0.39, 0.29) is 18.5 Å². The van der Waals surface area contributed by atoms with Crippen LogP contribution in [0.25, 0.3) is 22.3 Å². The zero-order valence-corrected chi connectivity index (χ0v) is 19.3. The van der Waals surface area contributed by atoms with Gasteiger partial charge in [-0.3, -0.25) is 9.36 Å². The maximum Gasteiger partial charge on any atom is 0.262 e. The topological polar surface area (TPSA) is 102 Å². The molecule has 1 saturated heterocycles. The van der Waals surface area contributed by atoms with Gasteiger partial charge in [0.15, 0.2) is 16.7 Å². The number of benzene rings is 2. The van der Waals surface area contributed by atoms with Crippen LogP contribution in [-0.4, -0.2) is 39.2 Å². The van der Waals surface area contributed by atoms with E-state index >= 15 is 0 Å². The normalized spacial score (nSPS) is 17.0. The third-order valence-electron chi connectivity index (χ3n) is 5.93. The number of hydrogen-bond donors (Lipinski definition) is 0. The van der Waals surface area contributed by atoms with Crippen LogP contribution in [0.1, 0.15) is 24.3 Å². The van der Waals surface area contributed by atoms with Crippen molar-refractivity contribution >= 4 is 22.7 Å². The Morgan fingerprint density at radius 2 is 1.94 bits per heavy atom. The molecule has 0 aliphatic carbocycles. The average Bonchev–Trinajstić information content (AvgIpc) is 3.61. The highest BCUT2D eigenvalue weighted by atomic mass is 32.2. The Balaban J connectivity index is 1.32. The van der Waals surface area contributed by atoms with Crippen molar-refractivity contribution in [3.63, 3.8) is 0 Å². The maximum atomic E-state index is 13.5. The number of aromatic nitrogens is 4. The van der Waals surface area contributed by atoms with Crippen molar-refractivity contribution in [1.29, 1.82) is 0 Å². The van der Waals surface area contributed by atoms with E-state index in [9.17, 15) is 4.79 Å². The summed E-state index contributed by atoms with van der Waals surface area (Å²) < 4.78 is 23.9. The van der Waals surface area contributed by atoms with Crippen molar-refractivity contribution in [2.75, 3.05) is 13.4 Å². The molecule has 6 rings (SSSR count). The second-order valence-corrected chi connectivity index (χ2v) is 9.28. The summed E-state index contributed by atoms with van der Waals surface area (Å²) >= 11 is 1.38. The summed E-state index contributed by atoms with van der Waals surface area (Å²) in [6.07, 6.45) is 1.90. The van der Waals surface area contributed by atoms with Crippen molar-refractivity contribution in [2.24, 2.45) is 0 Å². The van der Waals surface area contributed by atoms with E-state index < -0.39 is 0 Å². The Morgan fingerprint density at radius 3 is 2.74 bits per heavy atom. The average molecular weight is 479 g/mol. The Bertz CT molecular complexity index is 1410. The molecule has 34 heavy (non-hydrogen) atoms. The zero-order chi connectivity index (χ0) is 23.1. The van der Waals surface area contributed by atoms with Gasteiger partial charge in [0, 0.05) is 18.2 Å². The second kappa shape index (κ2) is 8.77. The Kier molecular flexibility index (Phi) is 5.46. The minimum absolute atomic E-state index is 0.0122. The first-order valence-electron chi connectivity index (χ1n) is 11.1. The van der Waals surface area contributed by atoms with E-state index in [1.54, 1.807) is 16.7 Å². The molecule has 0 spiro atoms. The molecule has 0 saturated carbocycles. The van der Waals surface area contributed by atoms with Crippen LogP contribution in [0.2, 0.25) is 0 Å². The first-order chi connectivity index (χ1) is 16.6. The molecule has 2 aliphatic rings. The van der Waals surface area contributed by atoms with Gasteiger partial charge in [-0.2, -0.15) is 4.98 Å². The number of thioether (sulfide) groups is 1. The minimum Gasteiger partial charge on any atom is -0.454 e. The molecule has 9 nitrogen and oxygen atoms in total. The third kappa shape index (κ3) is 4.03. The summed E-state index contributed by atoms with van der Waals surface area (Å²) in [5, 5.41) is 5.16. The number of hydrogen-bond acceptors (Lipinski definition) is 9. The van der Waals surface area contributed by atoms with Crippen LogP contribution in [-0.2, 0) is 17.0 Å². The van der Waals surface area contributed by atoms with Gasteiger partial charge in [-0.05, 0) is 25.8 Å². The molecule has 0 amide bonds. The molecule has 1 fully saturated rings. The quantitative estimate of drug-likeness (QED) is 0.301. The van der Waals surface area contributed by atoms with Crippen molar-refractivity contribution in [1.82, 2.24) is 19.7 Å². The molecule has 2 aromatic heterocycles. The molecule has 174 valence electrons. The molecular formula is C24H22N4O5S. The van der Waals surface area contributed by atoms with Crippen molar-refractivity contribution < 1.29 is 18.7 Å². The lowest BCUT2D eigenvalue weighted by molar-refractivity contribution is 0.0937. The van der Waals surface area contributed by atoms with Crippen molar-refractivity contribution in [2.45, 2.75) is 43.3 Å². The van der Waals surface area contributed by atoms with Crippen molar-refractivity contribution in [3.05, 3.63) is 58.2 Å². The summed E-state index contributed by atoms with van der Waals surface area (Å²) in [6, 6.07) is 11.4. The molecule has 4 heterocycles. The standard InChI is InChI=1S/C24H22N4O5S/c1-14-4-6-15(7-5-14)22-26-21(33-27-22)12-34-24-25-18-10-20-19(31-13-32-20)9-17(18)23(29)28(24)11-16-3-2-8-30-16/h4-7,9-10,16H,2-3,8,11-13H2,1H3/t16-/m1/s1. The van der Waals surface area contributed by atoms with E-state index in [1.165, 1.54) is 11.8 Å². The molecule has 0 radical (unpaired) electrons. The van der Waals surface area contributed by atoms with E-state index in [4.69, 9.17) is 23.7 Å². The van der Waals surface area contributed by atoms with Crippen LogP contribution in [0, 0.1) is 6.92 Å². The Hall–Kier alpha value is -3.37. The SMILES string of the molecule is Cc1ccc(-c2noc(CSc3nc4cc5c(cc4c(=O)n3C[C@H]3CCCO3)OCO5)n2)cc1. The fourth-order valence-corrected chi connectivity index (χ4v) is 4.96. The summed E-state index contributed by atoms with van der Waals surface area (Å²) in [7, 11) is 0. The lowest BCUT2D eigenvalue weighted by Crippen LogP contribution is -2.28. The highest BCUT2D eigenvalue weighted by Gasteiger charge is 2.23. The number of aryl methyl sites for hydroxylation is 1. The van der Waals surface area contributed by atoms with Gasteiger partial charge < -0.3 is 18.7 Å². The van der Waals surface area contributed by atoms with Crippen LogP contribution in [0.5, 0.6) is 11.5 Å². The molecule has 0 bridgehead atoms. The highest BCUT2D eigenvalue weighted by Crippen LogP contribution is 2.35. The first kappa shape index (κ1) is 21.2. The summed E-state index contributed by atoms with van der Waals surface area (Å²) in [5.74, 6) is 2.53. The number of rotatable bonds is 6. The van der Waals surface area contributed by atoms with Crippen LogP contribution in [0.4, 0.5) is 0 Å². The summed E-state index contributed by atoms with van der Waals surface area (Å²) in [6.45, 7) is 3.32. The third-order valence-corrected chi connectivity index (χ3v) is 6.89. The first-order valence-corrected chi connectivity index (χ1v) is 12.1. The molecule has 0 unspecified atom stereocenters. The Morgan fingerprint density at radius 1 is 1.12 bits per heavy atom. The summed E-state index contributed by atoms with van der Waals surface area (Å²) in [4.78, 5) is 22.8. The van der Waals surface area contributed by atoms with Gasteiger partial charge in [0.25, 0.3) is 5.56 Å². The van der Waals surface area contributed by atoms with Gasteiger partial charge in [0.2, 0.25) is 18.5 Å². The second-order valence-electron chi connectivity index (χ2n) is 8.33. The zero-order valence-electron chi connectivity index (χ0n) is 18.5. The summed E-state index contributed by atoms with van der Waals surface area (Å²) in [5.41, 5.74) is 2.48. The minimum atomic E-state index is -0.132. The van der Waals surface area contributed by atoms with Gasteiger partial charge in [0.1, 0.15) is 0 Å². The fraction of sp³-hybridized carbons (Fsp3) is 0.333. The lowest BCUT2D eigenvalue weighted by Gasteiger charge is -2.16. The van der Waals surface area contributed by atoms with Gasteiger partial charge in [-0.25, -0.2) is 4.98 Å². The van der Waals surface area contributed by atoms with E-state index in [2.05, 4.69) is 10.1 Å². The number of nitrogens with zero attached hydrogens (tertiary/aromatic N) is 4. The monoisotopic (exact) mass is 478 g/mol. The van der Waals surface area contributed by atoms with Crippen LogP contribution in [0.3, 0.4) is 0 Å². The van der Waals surface area contributed by atoms with E-state index in [0.29, 0.717) is 58.2 Å². The van der Waals surface area contributed by atoms with Gasteiger partial charge in [-0.15, -0.1) is 0 Å². The van der Waals surface area contributed by atoms with Crippen LogP contribution >= 0.6 is 11.8 Å². The number of fused-ring (bicyclic) bond motifs is 2. The maximum absolute atomic E-state index is 13.5.